The molecular weight excluding hydrogens is 560 g/mol. The van der Waals surface area contributed by atoms with Crippen LogP contribution in [0.5, 0.6) is 5.75 Å². The standard InChI is InChI=1S/C34H44N4O6/c39-32(40)23-26(7-5-6-25-10-12-28(13-11-25)44-21-17-37-15-3-4-16-37)33(41)36-30-22-27-24-38(31-9-2-1-8-29(27)31)18-20-43-19-14-35-34(30)42/h1-2,8-13,24,26,30H,3-7,14-23H2,(H,35,42)(H,36,41)(H,39,40)/t26-,30?/m1/s1. The van der Waals surface area contributed by atoms with Gasteiger partial charge in [0.25, 0.3) is 0 Å². The smallest absolute Gasteiger partial charge is 0.304 e. The number of amides is 2. The van der Waals surface area contributed by atoms with Crippen LogP contribution in [0.3, 0.4) is 0 Å². The zero-order valence-corrected chi connectivity index (χ0v) is 25.3. The zero-order chi connectivity index (χ0) is 30.7. The van der Waals surface area contributed by atoms with Crippen LogP contribution in [0.15, 0.2) is 54.7 Å². The van der Waals surface area contributed by atoms with Crippen LogP contribution in [0.1, 0.15) is 43.2 Å². The highest BCUT2D eigenvalue weighted by molar-refractivity contribution is 5.91. The van der Waals surface area contributed by atoms with E-state index in [9.17, 15) is 19.5 Å². The number of aryl methyl sites for hydroxylation is 1. The summed E-state index contributed by atoms with van der Waals surface area (Å²) in [6.45, 7) is 5.82. The van der Waals surface area contributed by atoms with Crippen molar-refractivity contribution in [2.45, 2.75) is 57.5 Å². The number of likely N-dealkylation sites (tertiary alicyclic amines) is 1. The second kappa shape index (κ2) is 15.7. The molecule has 3 aromatic rings. The van der Waals surface area contributed by atoms with E-state index < -0.39 is 23.8 Å². The third kappa shape index (κ3) is 8.83. The number of rotatable bonds is 12. The number of aromatic nitrogens is 1. The quantitative estimate of drug-likeness (QED) is 0.290. The Labute approximate surface area is 258 Å². The summed E-state index contributed by atoms with van der Waals surface area (Å²) >= 11 is 0. The largest absolute Gasteiger partial charge is 0.492 e. The average Bonchev–Trinajstić information content (AvgIpc) is 3.66. The normalized spacial score (nSPS) is 18.6. The number of carboxylic acid groups (broad SMARTS) is 1. The van der Waals surface area contributed by atoms with Crippen LogP contribution in [-0.4, -0.2) is 84.4 Å². The van der Waals surface area contributed by atoms with Crippen molar-refractivity contribution < 1.29 is 29.0 Å². The number of hydrogen-bond acceptors (Lipinski definition) is 6. The molecule has 0 radical (unpaired) electrons. The Morgan fingerprint density at radius 3 is 2.66 bits per heavy atom. The number of nitrogens with zero attached hydrogens (tertiary/aromatic N) is 2. The van der Waals surface area contributed by atoms with E-state index in [4.69, 9.17) is 9.47 Å². The van der Waals surface area contributed by atoms with E-state index in [1.165, 1.54) is 12.8 Å². The molecule has 3 heterocycles. The Morgan fingerprint density at radius 2 is 1.86 bits per heavy atom. The lowest BCUT2D eigenvalue weighted by atomic mass is 9.94. The molecule has 1 aromatic heterocycles. The SMILES string of the molecule is O=C(O)C[C@@H](CCCc1ccc(OCCN2CCCC2)cc1)C(=O)NC1Cc2cn(c3ccccc23)CCOCCNC1=O. The summed E-state index contributed by atoms with van der Waals surface area (Å²) in [5, 5.41) is 16.4. The number of fused-ring (bicyclic) bond motifs is 5. The molecule has 2 bridgehead atoms. The number of aliphatic carboxylic acids is 1. The average molecular weight is 605 g/mol. The lowest BCUT2D eigenvalue weighted by Gasteiger charge is -2.22. The van der Waals surface area contributed by atoms with Gasteiger partial charge >= 0.3 is 5.97 Å². The van der Waals surface area contributed by atoms with Crippen LogP contribution >= 0.6 is 0 Å². The van der Waals surface area contributed by atoms with E-state index in [0.29, 0.717) is 58.6 Å². The Hall–Kier alpha value is -3.89. The van der Waals surface area contributed by atoms with Gasteiger partial charge in [-0.2, -0.15) is 0 Å². The Morgan fingerprint density at radius 1 is 1.07 bits per heavy atom. The number of carboxylic acids is 1. The minimum absolute atomic E-state index is 0.295. The van der Waals surface area contributed by atoms with Gasteiger partial charge in [0.2, 0.25) is 11.8 Å². The first-order valence-corrected chi connectivity index (χ1v) is 15.8. The summed E-state index contributed by atoms with van der Waals surface area (Å²) in [6, 6.07) is 15.1. The number of hydrogen-bond donors (Lipinski definition) is 3. The van der Waals surface area contributed by atoms with Crippen molar-refractivity contribution >= 4 is 28.7 Å². The molecule has 2 amide bonds. The molecule has 2 aliphatic rings. The summed E-state index contributed by atoms with van der Waals surface area (Å²) < 4.78 is 13.7. The summed E-state index contributed by atoms with van der Waals surface area (Å²) in [5.74, 6) is -1.68. The first kappa shape index (κ1) is 31.5. The first-order chi connectivity index (χ1) is 21.5. The predicted octanol–water partition coefficient (Wildman–Crippen LogP) is 3.40. The highest BCUT2D eigenvalue weighted by atomic mass is 16.5. The molecule has 2 aliphatic heterocycles. The summed E-state index contributed by atoms with van der Waals surface area (Å²) in [6.07, 6.45) is 6.30. The molecule has 5 rings (SSSR count). The minimum Gasteiger partial charge on any atom is -0.492 e. The molecule has 0 spiro atoms. The molecule has 2 atom stereocenters. The van der Waals surface area contributed by atoms with Crippen LogP contribution < -0.4 is 15.4 Å². The van der Waals surface area contributed by atoms with Crippen LogP contribution in [0.4, 0.5) is 0 Å². The summed E-state index contributed by atoms with van der Waals surface area (Å²) in [7, 11) is 0. The second-order valence-electron chi connectivity index (χ2n) is 11.8. The number of ether oxygens (including phenoxy) is 2. The molecule has 3 N–H and O–H groups in total. The van der Waals surface area contributed by atoms with Gasteiger partial charge in [-0.3, -0.25) is 19.3 Å². The maximum Gasteiger partial charge on any atom is 0.304 e. The summed E-state index contributed by atoms with van der Waals surface area (Å²) in [5.41, 5.74) is 3.09. The van der Waals surface area contributed by atoms with Gasteiger partial charge in [0.05, 0.1) is 19.6 Å². The molecule has 10 nitrogen and oxygen atoms in total. The Bertz CT molecular complexity index is 1400. The van der Waals surface area contributed by atoms with Gasteiger partial charge in [0.1, 0.15) is 18.4 Å². The molecular formula is C34H44N4O6. The van der Waals surface area contributed by atoms with Crippen molar-refractivity contribution in [2.24, 2.45) is 5.92 Å². The van der Waals surface area contributed by atoms with E-state index >= 15 is 0 Å². The van der Waals surface area contributed by atoms with E-state index in [1.807, 2.05) is 54.7 Å². The number of nitrogens with one attached hydrogen (secondary N) is 2. The fourth-order valence-electron chi connectivity index (χ4n) is 6.16. The van der Waals surface area contributed by atoms with Crippen LogP contribution in [0, 0.1) is 5.92 Å². The van der Waals surface area contributed by atoms with Gasteiger partial charge in [-0.25, -0.2) is 0 Å². The van der Waals surface area contributed by atoms with Crippen molar-refractivity contribution in [1.82, 2.24) is 20.1 Å². The minimum atomic E-state index is -1.04. The van der Waals surface area contributed by atoms with Crippen LogP contribution in [0.2, 0.25) is 0 Å². The van der Waals surface area contributed by atoms with Crippen LogP contribution in [0.25, 0.3) is 10.9 Å². The number of carbonyl (C=O) groups is 3. The fraction of sp³-hybridized carbons (Fsp3) is 0.500. The predicted molar refractivity (Wildman–Crippen MR) is 168 cm³/mol. The van der Waals surface area contributed by atoms with Gasteiger partial charge in [-0.1, -0.05) is 30.3 Å². The molecule has 44 heavy (non-hydrogen) atoms. The molecule has 1 fully saturated rings. The fourth-order valence-corrected chi connectivity index (χ4v) is 6.16. The number of carbonyl (C=O) groups excluding carboxylic acids is 2. The lowest BCUT2D eigenvalue weighted by Crippen LogP contribution is -2.50. The maximum atomic E-state index is 13.5. The number of benzene rings is 2. The zero-order valence-electron chi connectivity index (χ0n) is 25.3. The number of para-hydroxylation sites is 1. The van der Waals surface area contributed by atoms with E-state index in [1.54, 1.807) is 0 Å². The van der Waals surface area contributed by atoms with Crippen LogP contribution in [-0.2, 0) is 38.5 Å². The van der Waals surface area contributed by atoms with E-state index in [0.717, 1.165) is 47.4 Å². The van der Waals surface area contributed by atoms with E-state index in [-0.39, 0.29) is 12.3 Å². The van der Waals surface area contributed by atoms with Gasteiger partial charge in [-0.15, -0.1) is 0 Å². The molecule has 236 valence electrons. The van der Waals surface area contributed by atoms with Crippen molar-refractivity contribution in [3.05, 3.63) is 65.9 Å². The van der Waals surface area contributed by atoms with Crippen molar-refractivity contribution in [3.63, 3.8) is 0 Å². The highest BCUT2D eigenvalue weighted by Gasteiger charge is 2.28. The second-order valence-corrected chi connectivity index (χ2v) is 11.8. The molecule has 10 heteroatoms. The van der Waals surface area contributed by atoms with E-state index in [2.05, 4.69) is 20.1 Å². The van der Waals surface area contributed by atoms with Gasteiger partial charge < -0.3 is 29.8 Å². The monoisotopic (exact) mass is 604 g/mol. The molecule has 0 aliphatic carbocycles. The Balaban J connectivity index is 1.18. The topological polar surface area (TPSA) is 122 Å². The third-order valence-electron chi connectivity index (χ3n) is 8.56. The van der Waals surface area contributed by atoms with Gasteiger partial charge in [0.15, 0.2) is 0 Å². The summed E-state index contributed by atoms with van der Waals surface area (Å²) in [4.78, 5) is 40.8. The lowest BCUT2D eigenvalue weighted by molar-refractivity contribution is -0.141. The molecule has 1 saturated heterocycles. The van der Waals surface area contributed by atoms with Gasteiger partial charge in [-0.05, 0) is 74.5 Å². The maximum absolute atomic E-state index is 13.5. The third-order valence-corrected chi connectivity index (χ3v) is 8.56. The Kier molecular flexibility index (Phi) is 11.3. The van der Waals surface area contributed by atoms with Crippen molar-refractivity contribution in [1.29, 1.82) is 0 Å². The van der Waals surface area contributed by atoms with Gasteiger partial charge in [0, 0.05) is 49.1 Å². The first-order valence-electron chi connectivity index (χ1n) is 15.8. The van der Waals surface area contributed by atoms with Crippen molar-refractivity contribution in [3.8, 4) is 5.75 Å². The molecule has 2 aromatic carbocycles. The highest BCUT2D eigenvalue weighted by Crippen LogP contribution is 2.24. The van der Waals surface area contributed by atoms with Crippen molar-refractivity contribution in [2.75, 3.05) is 46.0 Å². The molecule has 0 saturated carbocycles. The molecule has 1 unspecified atom stereocenters.